The molecular weight excluding hydrogens is 442 g/mol. The predicted molar refractivity (Wildman–Crippen MR) is 116 cm³/mol. The number of β-amino-alcohol motifs (C(OH)–C–C–N with tert-alkyl or cyclic N) is 1. The molecular formula is C23H31ClF2N2O4. The summed E-state index contributed by atoms with van der Waals surface area (Å²) in [5.41, 5.74) is -2.75. The van der Waals surface area contributed by atoms with E-state index in [0.717, 1.165) is 0 Å². The molecule has 1 saturated carbocycles. The number of hydrogen-bond acceptors (Lipinski definition) is 4. The average Bonchev–Trinajstić information content (AvgIpc) is 3.07. The summed E-state index contributed by atoms with van der Waals surface area (Å²) >= 11 is 5.93. The van der Waals surface area contributed by atoms with Crippen molar-refractivity contribution in [3.05, 3.63) is 34.9 Å². The van der Waals surface area contributed by atoms with Crippen LogP contribution < -0.4 is 5.32 Å². The lowest BCUT2D eigenvalue weighted by atomic mass is 9.73. The van der Waals surface area contributed by atoms with E-state index < -0.39 is 47.3 Å². The molecule has 0 radical (unpaired) electrons. The van der Waals surface area contributed by atoms with Gasteiger partial charge < -0.3 is 20.4 Å². The van der Waals surface area contributed by atoms with Gasteiger partial charge in [0.2, 0.25) is 17.7 Å². The second kappa shape index (κ2) is 8.88. The third kappa shape index (κ3) is 4.92. The van der Waals surface area contributed by atoms with Crippen LogP contribution in [0.2, 0.25) is 5.02 Å². The normalized spacial score (nSPS) is 30.9. The minimum absolute atomic E-state index is 0.0843. The maximum absolute atomic E-state index is 13.5. The first-order valence-electron chi connectivity index (χ1n) is 10.9. The zero-order chi connectivity index (χ0) is 23.9. The Hall–Kier alpha value is -1.77. The van der Waals surface area contributed by atoms with Gasteiger partial charge in [0.15, 0.2) is 0 Å². The lowest BCUT2D eigenvalue weighted by Crippen LogP contribution is -2.64. The Morgan fingerprint density at radius 3 is 2.31 bits per heavy atom. The van der Waals surface area contributed by atoms with Crippen LogP contribution in [0.15, 0.2) is 24.3 Å². The maximum Gasteiger partial charge on any atom is 0.248 e. The van der Waals surface area contributed by atoms with Crippen molar-refractivity contribution in [3.8, 4) is 0 Å². The van der Waals surface area contributed by atoms with E-state index in [1.165, 1.54) is 11.8 Å². The van der Waals surface area contributed by atoms with Crippen molar-refractivity contribution in [1.82, 2.24) is 10.2 Å². The Balaban J connectivity index is 1.72. The molecule has 32 heavy (non-hydrogen) atoms. The van der Waals surface area contributed by atoms with E-state index in [0.29, 0.717) is 10.6 Å². The first kappa shape index (κ1) is 24.9. The number of nitrogens with zero attached hydrogens (tertiary/aromatic N) is 1. The van der Waals surface area contributed by atoms with Crippen LogP contribution in [0.4, 0.5) is 8.78 Å². The number of aliphatic hydroxyl groups is 2. The van der Waals surface area contributed by atoms with Crippen LogP contribution in [0.5, 0.6) is 0 Å². The molecule has 1 aliphatic carbocycles. The maximum atomic E-state index is 13.5. The molecule has 9 heteroatoms. The zero-order valence-corrected chi connectivity index (χ0v) is 19.3. The van der Waals surface area contributed by atoms with E-state index in [1.807, 2.05) is 0 Å². The summed E-state index contributed by atoms with van der Waals surface area (Å²) in [6.45, 7) is 5.00. The number of rotatable bonds is 5. The van der Waals surface area contributed by atoms with Crippen molar-refractivity contribution >= 4 is 23.4 Å². The minimum atomic E-state index is -2.85. The molecule has 1 saturated heterocycles. The van der Waals surface area contributed by atoms with E-state index in [-0.39, 0.29) is 38.3 Å². The van der Waals surface area contributed by atoms with Gasteiger partial charge >= 0.3 is 0 Å². The molecule has 2 aliphatic rings. The lowest BCUT2D eigenvalue weighted by Gasteiger charge is -2.49. The monoisotopic (exact) mass is 472 g/mol. The Morgan fingerprint density at radius 2 is 1.81 bits per heavy atom. The Kier molecular flexibility index (Phi) is 6.90. The average molecular weight is 473 g/mol. The molecule has 178 valence electrons. The van der Waals surface area contributed by atoms with Crippen LogP contribution in [-0.4, -0.2) is 57.6 Å². The minimum Gasteiger partial charge on any atom is -0.385 e. The molecule has 1 aromatic rings. The Morgan fingerprint density at radius 1 is 1.19 bits per heavy atom. The Bertz CT molecular complexity index is 862. The number of piperidine rings is 1. The summed E-state index contributed by atoms with van der Waals surface area (Å²) in [6, 6.07) is 5.62. The van der Waals surface area contributed by atoms with Crippen molar-refractivity contribution in [2.45, 2.75) is 69.6 Å². The van der Waals surface area contributed by atoms with Crippen LogP contribution in [0.25, 0.3) is 0 Å². The largest absolute Gasteiger partial charge is 0.385 e. The first-order chi connectivity index (χ1) is 14.8. The van der Waals surface area contributed by atoms with Crippen LogP contribution in [0.3, 0.4) is 0 Å². The van der Waals surface area contributed by atoms with Gasteiger partial charge in [-0.1, -0.05) is 37.6 Å². The number of carbonyl (C=O) groups excluding carboxylic acids is 2. The number of benzene rings is 1. The molecule has 1 unspecified atom stereocenters. The molecule has 1 aromatic carbocycles. The molecule has 0 spiro atoms. The van der Waals surface area contributed by atoms with Crippen molar-refractivity contribution in [2.75, 3.05) is 13.1 Å². The Labute approximate surface area is 191 Å². The van der Waals surface area contributed by atoms with Gasteiger partial charge in [0.25, 0.3) is 0 Å². The summed E-state index contributed by atoms with van der Waals surface area (Å²) < 4.78 is 27.0. The van der Waals surface area contributed by atoms with E-state index in [4.69, 9.17) is 11.6 Å². The number of amides is 2. The quantitative estimate of drug-likeness (QED) is 0.614. The van der Waals surface area contributed by atoms with Crippen LogP contribution >= 0.6 is 11.6 Å². The summed E-state index contributed by atoms with van der Waals surface area (Å²) in [5, 5.41) is 25.6. The van der Waals surface area contributed by atoms with Crippen molar-refractivity contribution < 1.29 is 28.6 Å². The van der Waals surface area contributed by atoms with Gasteiger partial charge in [-0.05, 0) is 37.0 Å². The lowest BCUT2D eigenvalue weighted by molar-refractivity contribution is -0.192. The van der Waals surface area contributed by atoms with E-state index in [1.54, 1.807) is 38.1 Å². The summed E-state index contributed by atoms with van der Waals surface area (Å²) in [6.07, 6.45) is -0.667. The highest BCUT2D eigenvalue weighted by Crippen LogP contribution is 2.41. The molecule has 3 N–H and O–H groups in total. The number of carbonyl (C=O) groups is 2. The van der Waals surface area contributed by atoms with E-state index in [9.17, 15) is 28.6 Å². The predicted octanol–water partition coefficient (Wildman–Crippen LogP) is 3.09. The van der Waals surface area contributed by atoms with Gasteiger partial charge in [0.05, 0.1) is 6.54 Å². The molecule has 2 amide bonds. The zero-order valence-electron chi connectivity index (χ0n) is 18.6. The number of likely N-dealkylation sites (tertiary alicyclic amines) is 1. The first-order valence-corrected chi connectivity index (χ1v) is 11.3. The van der Waals surface area contributed by atoms with Crippen LogP contribution in [-0.2, 0) is 15.2 Å². The molecule has 0 aromatic heterocycles. The van der Waals surface area contributed by atoms with E-state index >= 15 is 0 Å². The number of halogens is 3. The summed E-state index contributed by atoms with van der Waals surface area (Å²) in [5.74, 6) is -4.90. The number of nitrogens with one attached hydrogen (secondary N) is 1. The number of hydrogen-bond donors (Lipinski definition) is 3. The fourth-order valence-electron chi connectivity index (χ4n) is 4.67. The molecule has 1 aliphatic heterocycles. The van der Waals surface area contributed by atoms with Crippen molar-refractivity contribution in [2.24, 2.45) is 11.8 Å². The topological polar surface area (TPSA) is 89.9 Å². The highest BCUT2D eigenvalue weighted by atomic mass is 35.5. The smallest absolute Gasteiger partial charge is 0.248 e. The summed E-state index contributed by atoms with van der Waals surface area (Å²) in [7, 11) is 0. The molecule has 0 bridgehead atoms. The third-order valence-corrected chi connectivity index (χ3v) is 7.02. The number of alkyl halides is 2. The van der Waals surface area contributed by atoms with E-state index in [2.05, 4.69) is 5.32 Å². The highest BCUT2D eigenvalue weighted by molar-refractivity contribution is 6.30. The van der Waals surface area contributed by atoms with Gasteiger partial charge in [0, 0.05) is 36.7 Å². The molecule has 6 nitrogen and oxygen atoms in total. The van der Waals surface area contributed by atoms with Crippen LogP contribution in [0, 0.1) is 11.8 Å². The van der Waals surface area contributed by atoms with Gasteiger partial charge in [-0.25, -0.2) is 8.78 Å². The fraction of sp³-hybridized carbons (Fsp3) is 0.652. The molecule has 1 heterocycles. The van der Waals surface area contributed by atoms with Gasteiger partial charge in [-0.3, -0.25) is 9.59 Å². The third-order valence-electron chi connectivity index (χ3n) is 6.77. The fourth-order valence-corrected chi connectivity index (χ4v) is 4.80. The van der Waals surface area contributed by atoms with Gasteiger partial charge in [-0.15, -0.1) is 0 Å². The SMILES string of the molecule is CC(C)[C@@H](NC(=O)C1CCC(F)(F)C1)C(=O)N1CC[C@](O)(c2ccc(Cl)cc2)[C@@](C)(O)C1. The van der Waals surface area contributed by atoms with Crippen molar-refractivity contribution in [3.63, 3.8) is 0 Å². The molecule has 3 rings (SSSR count). The van der Waals surface area contributed by atoms with Crippen molar-refractivity contribution in [1.29, 1.82) is 0 Å². The highest BCUT2D eigenvalue weighted by Gasteiger charge is 2.52. The molecule has 4 atom stereocenters. The van der Waals surface area contributed by atoms with Gasteiger partial charge in [0.1, 0.15) is 17.2 Å². The second-order valence-corrected chi connectivity index (χ2v) is 10.1. The van der Waals surface area contributed by atoms with Gasteiger partial charge in [-0.2, -0.15) is 0 Å². The van der Waals surface area contributed by atoms with Crippen LogP contribution in [0.1, 0.15) is 52.0 Å². The standard InChI is InChI=1S/C23H31ClF2N2O4/c1-14(2)18(27-19(29)15-8-9-22(25,26)12-15)20(30)28-11-10-23(32,21(3,31)13-28)16-4-6-17(24)7-5-16/h4-7,14-15,18,31-32H,8-13H2,1-3H3,(H,27,29)/t15?,18-,21+,23+/m1/s1. The summed E-state index contributed by atoms with van der Waals surface area (Å²) in [4.78, 5) is 27.2. The molecule has 2 fully saturated rings. The second-order valence-electron chi connectivity index (χ2n) is 9.68.